The van der Waals surface area contributed by atoms with Gasteiger partial charge in [-0.3, -0.25) is 10.1 Å². The van der Waals surface area contributed by atoms with Gasteiger partial charge in [-0.25, -0.2) is 4.98 Å². The number of nitrogens with one attached hydrogen (secondary N) is 1. The van der Waals surface area contributed by atoms with E-state index in [2.05, 4.69) is 10.3 Å². The van der Waals surface area contributed by atoms with Gasteiger partial charge in [0.2, 0.25) is 0 Å². The number of thiophene rings is 1. The van der Waals surface area contributed by atoms with Crippen molar-refractivity contribution >= 4 is 43.9 Å². The summed E-state index contributed by atoms with van der Waals surface area (Å²) < 4.78 is 6.54. The van der Waals surface area contributed by atoms with Crippen molar-refractivity contribution in [2.24, 2.45) is 0 Å². The molecule has 0 bridgehead atoms. The van der Waals surface area contributed by atoms with Crippen LogP contribution in [0.4, 0.5) is 5.13 Å². The monoisotopic (exact) mass is 304 g/mol. The van der Waals surface area contributed by atoms with Gasteiger partial charge in [-0.15, -0.1) is 11.3 Å². The Bertz CT molecular complexity index is 735. The summed E-state index contributed by atoms with van der Waals surface area (Å²) in [6.07, 6.45) is 0. The summed E-state index contributed by atoms with van der Waals surface area (Å²) >= 11 is 2.85. The van der Waals surface area contributed by atoms with Gasteiger partial charge in [0.05, 0.1) is 16.2 Å². The Labute approximate surface area is 124 Å². The first-order valence-electron chi connectivity index (χ1n) is 6.15. The molecular weight excluding hydrogens is 292 g/mol. The molecule has 1 amide bonds. The highest BCUT2D eigenvalue weighted by Crippen LogP contribution is 2.32. The van der Waals surface area contributed by atoms with Crippen LogP contribution in [0.2, 0.25) is 0 Å². The molecule has 20 heavy (non-hydrogen) atoms. The largest absolute Gasteiger partial charge is 0.492 e. The zero-order chi connectivity index (χ0) is 13.9. The van der Waals surface area contributed by atoms with E-state index >= 15 is 0 Å². The van der Waals surface area contributed by atoms with E-state index in [-0.39, 0.29) is 5.91 Å². The van der Waals surface area contributed by atoms with E-state index in [1.165, 1.54) is 22.7 Å². The van der Waals surface area contributed by atoms with Gasteiger partial charge in [-0.1, -0.05) is 23.5 Å². The topological polar surface area (TPSA) is 51.2 Å². The summed E-state index contributed by atoms with van der Waals surface area (Å²) in [5.41, 5.74) is 0.792. The van der Waals surface area contributed by atoms with Crippen LogP contribution in [0.25, 0.3) is 10.2 Å². The molecule has 4 nitrogen and oxygen atoms in total. The highest BCUT2D eigenvalue weighted by molar-refractivity contribution is 7.22. The summed E-state index contributed by atoms with van der Waals surface area (Å²) in [5, 5.41) is 5.29. The summed E-state index contributed by atoms with van der Waals surface area (Å²) in [5.74, 6) is 0.620. The summed E-state index contributed by atoms with van der Waals surface area (Å²) in [6, 6.07) is 9.42. The molecule has 2 aromatic heterocycles. The molecule has 0 radical (unpaired) electrons. The van der Waals surface area contributed by atoms with Gasteiger partial charge >= 0.3 is 0 Å². The van der Waals surface area contributed by atoms with Gasteiger partial charge < -0.3 is 4.74 Å². The standard InChI is InChI=1S/C14H12N2O2S2/c1-2-18-9-5-3-6-10-12(9)15-14(20-10)16-13(17)11-7-4-8-19-11/h3-8H,2H2,1H3,(H,15,16,17). The maximum Gasteiger partial charge on any atom is 0.267 e. The van der Waals surface area contributed by atoms with Gasteiger partial charge in [-0.2, -0.15) is 0 Å². The number of hydrogen-bond acceptors (Lipinski definition) is 5. The normalized spacial score (nSPS) is 10.7. The molecule has 0 unspecified atom stereocenters. The maximum atomic E-state index is 12.0. The van der Waals surface area contributed by atoms with Crippen LogP contribution in [0.15, 0.2) is 35.7 Å². The number of fused-ring (bicyclic) bond motifs is 1. The number of hydrogen-bond donors (Lipinski definition) is 1. The van der Waals surface area contributed by atoms with Crippen LogP contribution in [0, 0.1) is 0 Å². The van der Waals surface area contributed by atoms with Gasteiger partial charge in [0.1, 0.15) is 11.3 Å². The second-order valence-electron chi connectivity index (χ2n) is 3.99. The van der Waals surface area contributed by atoms with Crippen molar-refractivity contribution in [2.75, 3.05) is 11.9 Å². The second kappa shape index (κ2) is 5.60. The molecule has 0 aliphatic carbocycles. The van der Waals surface area contributed by atoms with Crippen molar-refractivity contribution in [1.82, 2.24) is 4.98 Å². The first-order chi connectivity index (χ1) is 9.78. The van der Waals surface area contributed by atoms with E-state index < -0.39 is 0 Å². The predicted molar refractivity (Wildman–Crippen MR) is 83.1 cm³/mol. The minimum Gasteiger partial charge on any atom is -0.492 e. The zero-order valence-corrected chi connectivity index (χ0v) is 12.4. The van der Waals surface area contributed by atoms with Gasteiger partial charge in [0.25, 0.3) is 5.91 Å². The molecule has 1 aromatic carbocycles. The number of anilines is 1. The molecule has 6 heteroatoms. The molecule has 0 saturated carbocycles. The average Bonchev–Trinajstić information content (AvgIpc) is 3.07. The number of carbonyl (C=O) groups is 1. The Morgan fingerprint density at radius 2 is 2.25 bits per heavy atom. The second-order valence-corrected chi connectivity index (χ2v) is 5.96. The van der Waals surface area contributed by atoms with Crippen molar-refractivity contribution in [3.8, 4) is 5.75 Å². The van der Waals surface area contributed by atoms with Crippen LogP contribution in [-0.4, -0.2) is 17.5 Å². The lowest BCUT2D eigenvalue weighted by Crippen LogP contribution is -2.09. The summed E-state index contributed by atoms with van der Waals surface area (Å²) in [6.45, 7) is 2.53. The smallest absolute Gasteiger partial charge is 0.267 e. The Balaban J connectivity index is 1.89. The van der Waals surface area contributed by atoms with E-state index in [1.54, 1.807) is 6.07 Å². The van der Waals surface area contributed by atoms with Crippen molar-refractivity contribution < 1.29 is 9.53 Å². The Morgan fingerprint density at radius 3 is 3.00 bits per heavy atom. The number of rotatable bonds is 4. The zero-order valence-electron chi connectivity index (χ0n) is 10.8. The molecule has 1 N–H and O–H groups in total. The molecule has 2 heterocycles. The number of amides is 1. The van der Waals surface area contributed by atoms with Crippen LogP contribution in [0.1, 0.15) is 16.6 Å². The molecular formula is C14H12N2O2S2. The van der Waals surface area contributed by atoms with Crippen molar-refractivity contribution in [3.05, 3.63) is 40.6 Å². The Kier molecular flexibility index (Phi) is 3.66. The van der Waals surface area contributed by atoms with E-state index in [4.69, 9.17) is 4.74 Å². The molecule has 102 valence electrons. The van der Waals surface area contributed by atoms with Crippen LogP contribution < -0.4 is 10.1 Å². The van der Waals surface area contributed by atoms with E-state index in [1.807, 2.05) is 36.6 Å². The molecule has 3 rings (SSSR count). The predicted octanol–water partition coefficient (Wildman–Crippen LogP) is 4.01. The number of benzene rings is 1. The third-order valence-electron chi connectivity index (χ3n) is 2.65. The molecule has 0 fully saturated rings. The lowest BCUT2D eigenvalue weighted by Gasteiger charge is -2.02. The van der Waals surface area contributed by atoms with Crippen molar-refractivity contribution in [2.45, 2.75) is 6.92 Å². The maximum absolute atomic E-state index is 12.0. The fourth-order valence-corrected chi connectivity index (χ4v) is 3.31. The Morgan fingerprint density at radius 1 is 1.35 bits per heavy atom. The molecule has 0 aliphatic rings. The lowest BCUT2D eigenvalue weighted by atomic mass is 10.3. The lowest BCUT2D eigenvalue weighted by molar-refractivity contribution is 0.103. The fraction of sp³-hybridized carbons (Fsp3) is 0.143. The SMILES string of the molecule is CCOc1cccc2sc(NC(=O)c3cccs3)nc12. The third-order valence-corrected chi connectivity index (χ3v) is 4.45. The minimum absolute atomic E-state index is 0.128. The first-order valence-corrected chi connectivity index (χ1v) is 7.84. The van der Waals surface area contributed by atoms with Crippen molar-refractivity contribution in [3.63, 3.8) is 0 Å². The molecule has 0 saturated heterocycles. The fourth-order valence-electron chi connectivity index (χ4n) is 1.82. The number of para-hydroxylation sites is 1. The summed E-state index contributed by atoms with van der Waals surface area (Å²) in [7, 11) is 0. The molecule has 0 atom stereocenters. The first kappa shape index (κ1) is 13.1. The molecule has 0 spiro atoms. The van der Waals surface area contributed by atoms with Crippen LogP contribution >= 0.6 is 22.7 Å². The molecule has 3 aromatic rings. The van der Waals surface area contributed by atoms with Crippen LogP contribution in [-0.2, 0) is 0 Å². The third kappa shape index (κ3) is 2.52. The van der Waals surface area contributed by atoms with Gasteiger partial charge in [-0.05, 0) is 30.5 Å². The number of ether oxygens (including phenoxy) is 1. The Hall–Kier alpha value is -1.92. The number of aromatic nitrogens is 1. The number of thiazole rings is 1. The van der Waals surface area contributed by atoms with Crippen molar-refractivity contribution in [1.29, 1.82) is 0 Å². The van der Waals surface area contributed by atoms with Gasteiger partial charge in [0.15, 0.2) is 5.13 Å². The minimum atomic E-state index is -0.128. The van der Waals surface area contributed by atoms with Crippen LogP contribution in [0.3, 0.4) is 0 Å². The number of carbonyl (C=O) groups excluding carboxylic acids is 1. The molecule has 0 aliphatic heterocycles. The van der Waals surface area contributed by atoms with E-state index in [0.29, 0.717) is 16.6 Å². The highest BCUT2D eigenvalue weighted by atomic mass is 32.1. The number of nitrogens with zero attached hydrogens (tertiary/aromatic N) is 1. The summed E-state index contributed by atoms with van der Waals surface area (Å²) in [4.78, 5) is 17.1. The highest BCUT2D eigenvalue weighted by Gasteiger charge is 2.12. The quantitative estimate of drug-likeness (QED) is 0.792. The average molecular weight is 304 g/mol. The van der Waals surface area contributed by atoms with Gasteiger partial charge in [0, 0.05) is 0 Å². The van der Waals surface area contributed by atoms with E-state index in [9.17, 15) is 4.79 Å². The van der Waals surface area contributed by atoms with Crippen LogP contribution in [0.5, 0.6) is 5.75 Å². The van der Waals surface area contributed by atoms with E-state index in [0.717, 1.165) is 16.0 Å².